The fraction of sp³-hybridized carbons (Fsp3) is 0.316. The highest BCUT2D eigenvalue weighted by Crippen LogP contribution is 2.32. The first-order valence-electron chi connectivity index (χ1n) is 8.66. The van der Waals surface area contributed by atoms with E-state index >= 15 is 0 Å². The number of nitrogens with zero attached hydrogens (tertiary/aromatic N) is 1. The van der Waals surface area contributed by atoms with Gasteiger partial charge in [0.05, 0.1) is 22.4 Å². The summed E-state index contributed by atoms with van der Waals surface area (Å²) in [6.45, 7) is 2.21. The molecule has 2 aromatic rings. The Morgan fingerprint density at radius 3 is 2.67 bits per heavy atom. The second kappa shape index (κ2) is 8.22. The van der Waals surface area contributed by atoms with Crippen LogP contribution in [0, 0.1) is 0 Å². The number of rotatable bonds is 6. The van der Waals surface area contributed by atoms with E-state index in [0.29, 0.717) is 24.4 Å². The number of phenols is 1. The number of hydrogen-bond donors (Lipinski definition) is 2. The third-order valence-corrected chi connectivity index (χ3v) is 7.42. The number of sulfonamides is 1. The predicted octanol–water partition coefficient (Wildman–Crippen LogP) is 3.19. The molecule has 27 heavy (non-hydrogen) atoms. The van der Waals surface area contributed by atoms with Crippen molar-refractivity contribution in [2.24, 2.45) is 0 Å². The van der Waals surface area contributed by atoms with Crippen LogP contribution in [0.3, 0.4) is 0 Å². The van der Waals surface area contributed by atoms with Crippen LogP contribution in [0.2, 0.25) is 0 Å². The van der Waals surface area contributed by atoms with E-state index in [-0.39, 0.29) is 28.3 Å². The Hall–Kier alpha value is -2.19. The van der Waals surface area contributed by atoms with Crippen molar-refractivity contribution < 1.29 is 18.3 Å². The SMILES string of the molecule is CC(SCc1ccccc1)C(=O)Nc1cc(N2CCCS2(=O)=O)ccc1O. The van der Waals surface area contributed by atoms with Crippen molar-refractivity contribution in [2.75, 3.05) is 21.9 Å². The summed E-state index contributed by atoms with van der Waals surface area (Å²) < 4.78 is 25.5. The van der Waals surface area contributed by atoms with Gasteiger partial charge in [0.2, 0.25) is 15.9 Å². The minimum Gasteiger partial charge on any atom is -0.506 e. The Morgan fingerprint density at radius 2 is 2.00 bits per heavy atom. The van der Waals surface area contributed by atoms with Gasteiger partial charge in [-0.15, -0.1) is 11.8 Å². The van der Waals surface area contributed by atoms with Gasteiger partial charge in [-0.1, -0.05) is 30.3 Å². The summed E-state index contributed by atoms with van der Waals surface area (Å²) in [5.41, 5.74) is 1.79. The molecule has 1 fully saturated rings. The Bertz CT molecular complexity index is 917. The van der Waals surface area contributed by atoms with Gasteiger partial charge >= 0.3 is 0 Å². The van der Waals surface area contributed by atoms with Gasteiger partial charge in [0, 0.05) is 12.3 Å². The van der Waals surface area contributed by atoms with Crippen LogP contribution in [0.5, 0.6) is 5.75 Å². The van der Waals surface area contributed by atoms with Crippen molar-refractivity contribution in [3.8, 4) is 5.75 Å². The molecule has 0 radical (unpaired) electrons. The number of carbonyl (C=O) groups excluding carboxylic acids is 1. The summed E-state index contributed by atoms with van der Waals surface area (Å²) in [4.78, 5) is 12.5. The van der Waals surface area contributed by atoms with Crippen molar-refractivity contribution in [3.63, 3.8) is 0 Å². The highest BCUT2D eigenvalue weighted by atomic mass is 32.2. The first-order chi connectivity index (χ1) is 12.9. The molecule has 1 heterocycles. The molecule has 0 spiro atoms. The third-order valence-electron chi connectivity index (χ3n) is 4.34. The monoisotopic (exact) mass is 406 g/mol. The fourth-order valence-corrected chi connectivity index (χ4v) is 5.22. The zero-order chi connectivity index (χ0) is 19.4. The molecule has 2 aromatic carbocycles. The van der Waals surface area contributed by atoms with E-state index in [1.54, 1.807) is 13.0 Å². The molecule has 144 valence electrons. The maximum Gasteiger partial charge on any atom is 0.237 e. The Labute approximate surface area is 163 Å². The van der Waals surface area contributed by atoms with E-state index in [1.807, 2.05) is 30.3 Å². The van der Waals surface area contributed by atoms with Crippen LogP contribution in [0.15, 0.2) is 48.5 Å². The van der Waals surface area contributed by atoms with Crippen molar-refractivity contribution in [1.29, 1.82) is 0 Å². The van der Waals surface area contributed by atoms with Crippen LogP contribution in [-0.2, 0) is 20.6 Å². The van der Waals surface area contributed by atoms with Crippen molar-refractivity contribution in [2.45, 2.75) is 24.3 Å². The van der Waals surface area contributed by atoms with Gasteiger partial charge in [-0.25, -0.2) is 8.42 Å². The van der Waals surface area contributed by atoms with Crippen LogP contribution >= 0.6 is 11.8 Å². The van der Waals surface area contributed by atoms with Crippen LogP contribution in [-0.4, -0.2) is 37.0 Å². The van der Waals surface area contributed by atoms with Crippen LogP contribution in [0.4, 0.5) is 11.4 Å². The lowest BCUT2D eigenvalue weighted by Gasteiger charge is -2.19. The van der Waals surface area contributed by atoms with Gasteiger partial charge in [-0.2, -0.15) is 0 Å². The minimum atomic E-state index is -3.32. The quantitative estimate of drug-likeness (QED) is 0.720. The molecule has 1 saturated heterocycles. The third kappa shape index (κ3) is 4.75. The highest BCUT2D eigenvalue weighted by Gasteiger charge is 2.29. The summed E-state index contributed by atoms with van der Waals surface area (Å²) in [6, 6.07) is 14.3. The molecule has 3 rings (SSSR count). The number of benzene rings is 2. The number of anilines is 2. The highest BCUT2D eigenvalue weighted by molar-refractivity contribution is 7.99. The average molecular weight is 407 g/mol. The summed E-state index contributed by atoms with van der Waals surface area (Å²) in [5, 5.41) is 12.4. The number of carbonyl (C=O) groups is 1. The molecule has 8 heteroatoms. The molecule has 0 aliphatic carbocycles. The van der Waals surface area contributed by atoms with Gasteiger partial charge < -0.3 is 10.4 Å². The van der Waals surface area contributed by atoms with E-state index < -0.39 is 10.0 Å². The van der Waals surface area contributed by atoms with Crippen LogP contribution in [0.25, 0.3) is 0 Å². The number of hydrogen-bond acceptors (Lipinski definition) is 5. The largest absolute Gasteiger partial charge is 0.506 e. The second-order valence-electron chi connectivity index (χ2n) is 6.37. The lowest BCUT2D eigenvalue weighted by Crippen LogP contribution is -2.26. The molecule has 0 saturated carbocycles. The van der Waals surface area contributed by atoms with Crippen molar-refractivity contribution in [3.05, 3.63) is 54.1 Å². The Kier molecular flexibility index (Phi) is 5.96. The molecular weight excluding hydrogens is 384 g/mol. The standard InChI is InChI=1S/C19H22N2O4S2/c1-14(26-13-15-6-3-2-4-7-15)19(23)20-17-12-16(8-9-18(17)22)21-10-5-11-27(21,24)25/h2-4,6-9,12,14,22H,5,10-11,13H2,1H3,(H,20,23). The van der Waals surface area contributed by atoms with E-state index in [2.05, 4.69) is 5.32 Å². The van der Waals surface area contributed by atoms with Crippen LogP contribution in [0.1, 0.15) is 18.9 Å². The Balaban J connectivity index is 1.67. The zero-order valence-electron chi connectivity index (χ0n) is 15.0. The number of phenolic OH excluding ortho intramolecular Hbond substituents is 1. The summed E-state index contributed by atoms with van der Waals surface area (Å²) in [7, 11) is -3.32. The molecule has 0 bridgehead atoms. The van der Waals surface area contributed by atoms with Gasteiger partial charge in [-0.3, -0.25) is 9.10 Å². The zero-order valence-corrected chi connectivity index (χ0v) is 16.6. The summed E-state index contributed by atoms with van der Waals surface area (Å²) >= 11 is 1.49. The predicted molar refractivity (Wildman–Crippen MR) is 110 cm³/mol. The normalized spacial score (nSPS) is 16.9. The topological polar surface area (TPSA) is 86.7 Å². The number of nitrogens with one attached hydrogen (secondary N) is 1. The van der Waals surface area contributed by atoms with E-state index in [9.17, 15) is 18.3 Å². The number of amides is 1. The van der Waals surface area contributed by atoms with E-state index in [1.165, 1.54) is 28.2 Å². The molecular formula is C19H22N2O4S2. The fourth-order valence-electron chi connectivity index (χ4n) is 2.81. The van der Waals surface area contributed by atoms with Gasteiger partial charge in [0.1, 0.15) is 5.75 Å². The smallest absolute Gasteiger partial charge is 0.237 e. The first-order valence-corrected chi connectivity index (χ1v) is 11.3. The molecule has 1 unspecified atom stereocenters. The average Bonchev–Trinajstić information content (AvgIpc) is 3.01. The molecule has 1 amide bonds. The van der Waals surface area contributed by atoms with Gasteiger partial charge in [0.15, 0.2) is 0 Å². The molecule has 6 nitrogen and oxygen atoms in total. The lowest BCUT2D eigenvalue weighted by molar-refractivity contribution is -0.115. The molecule has 2 N–H and O–H groups in total. The van der Waals surface area contributed by atoms with E-state index in [0.717, 1.165) is 5.56 Å². The molecule has 1 aliphatic heterocycles. The maximum atomic E-state index is 12.5. The van der Waals surface area contributed by atoms with Crippen LogP contribution < -0.4 is 9.62 Å². The number of aromatic hydroxyl groups is 1. The van der Waals surface area contributed by atoms with Gasteiger partial charge in [-0.05, 0) is 37.1 Å². The molecule has 1 atom stereocenters. The lowest BCUT2D eigenvalue weighted by atomic mass is 10.2. The molecule has 1 aliphatic rings. The maximum absolute atomic E-state index is 12.5. The summed E-state index contributed by atoms with van der Waals surface area (Å²) in [6.07, 6.45) is 0.568. The van der Waals surface area contributed by atoms with Crippen molar-refractivity contribution >= 4 is 39.1 Å². The van der Waals surface area contributed by atoms with E-state index in [4.69, 9.17) is 0 Å². The second-order valence-corrected chi connectivity index (χ2v) is 9.71. The van der Waals surface area contributed by atoms with Crippen molar-refractivity contribution in [1.82, 2.24) is 0 Å². The molecule has 0 aromatic heterocycles. The Morgan fingerprint density at radius 1 is 1.26 bits per heavy atom. The first kappa shape index (κ1) is 19.6. The minimum absolute atomic E-state index is 0.0936. The summed E-state index contributed by atoms with van der Waals surface area (Å²) in [5.74, 6) is 0.479. The number of thioether (sulfide) groups is 1. The van der Waals surface area contributed by atoms with Gasteiger partial charge in [0.25, 0.3) is 0 Å².